The minimum Gasteiger partial charge on any atom is -0.481 e. The lowest BCUT2D eigenvalue weighted by Gasteiger charge is -2.51. The minimum atomic E-state index is 0.138. The van der Waals surface area contributed by atoms with Crippen molar-refractivity contribution < 1.29 is 9.47 Å². The van der Waals surface area contributed by atoms with Gasteiger partial charge in [0.1, 0.15) is 5.82 Å². The maximum Gasteiger partial charge on any atom is 0.214 e. The standard InChI is InChI=1S/C13H20N2O2/c1-13(2)9(8-10(13)16-3)14-11-6-5-7-12(15-11)17-4/h5-7,9-10H,8H2,1-4H3,(H,14,15). The molecule has 1 aromatic rings. The van der Waals surface area contributed by atoms with Gasteiger partial charge in [-0.05, 0) is 12.5 Å². The van der Waals surface area contributed by atoms with Crippen LogP contribution in [0.1, 0.15) is 20.3 Å². The molecule has 1 aliphatic carbocycles. The van der Waals surface area contributed by atoms with Crippen LogP contribution in [0.4, 0.5) is 5.82 Å². The SMILES string of the molecule is COc1cccc(NC2CC(OC)C2(C)C)n1. The molecule has 2 unspecified atom stereocenters. The molecule has 0 spiro atoms. The van der Waals surface area contributed by atoms with E-state index in [1.54, 1.807) is 14.2 Å². The Labute approximate surface area is 102 Å². The first-order valence-electron chi connectivity index (χ1n) is 5.88. The van der Waals surface area contributed by atoms with Crippen LogP contribution in [0.5, 0.6) is 5.88 Å². The first-order chi connectivity index (χ1) is 8.07. The van der Waals surface area contributed by atoms with Gasteiger partial charge < -0.3 is 14.8 Å². The Balaban J connectivity index is 2.02. The highest BCUT2D eigenvalue weighted by Crippen LogP contribution is 2.43. The van der Waals surface area contributed by atoms with Crippen molar-refractivity contribution in [2.75, 3.05) is 19.5 Å². The molecule has 17 heavy (non-hydrogen) atoms. The zero-order chi connectivity index (χ0) is 12.5. The molecule has 2 rings (SSSR count). The van der Waals surface area contributed by atoms with Crippen molar-refractivity contribution in [3.05, 3.63) is 18.2 Å². The number of anilines is 1. The van der Waals surface area contributed by atoms with Crippen LogP contribution >= 0.6 is 0 Å². The predicted molar refractivity (Wildman–Crippen MR) is 67.4 cm³/mol. The molecule has 1 aromatic heterocycles. The summed E-state index contributed by atoms with van der Waals surface area (Å²) >= 11 is 0. The smallest absolute Gasteiger partial charge is 0.214 e. The molecule has 0 saturated heterocycles. The molecule has 4 heteroatoms. The van der Waals surface area contributed by atoms with E-state index in [9.17, 15) is 0 Å². The van der Waals surface area contributed by atoms with E-state index in [4.69, 9.17) is 9.47 Å². The summed E-state index contributed by atoms with van der Waals surface area (Å²) in [5.41, 5.74) is 0.138. The largest absolute Gasteiger partial charge is 0.481 e. The van der Waals surface area contributed by atoms with Crippen molar-refractivity contribution in [3.8, 4) is 5.88 Å². The van der Waals surface area contributed by atoms with Gasteiger partial charge in [-0.3, -0.25) is 0 Å². The fraction of sp³-hybridized carbons (Fsp3) is 0.615. The van der Waals surface area contributed by atoms with E-state index in [0.29, 0.717) is 18.0 Å². The minimum absolute atomic E-state index is 0.138. The van der Waals surface area contributed by atoms with Crippen molar-refractivity contribution in [1.29, 1.82) is 0 Å². The number of hydrogen-bond acceptors (Lipinski definition) is 4. The van der Waals surface area contributed by atoms with Gasteiger partial charge in [-0.1, -0.05) is 19.9 Å². The topological polar surface area (TPSA) is 43.4 Å². The zero-order valence-electron chi connectivity index (χ0n) is 10.9. The first kappa shape index (κ1) is 12.2. The molecular formula is C13H20N2O2. The molecule has 2 atom stereocenters. The number of ether oxygens (including phenoxy) is 2. The van der Waals surface area contributed by atoms with Crippen LogP contribution in [-0.4, -0.2) is 31.3 Å². The van der Waals surface area contributed by atoms with Gasteiger partial charge in [0.2, 0.25) is 5.88 Å². The van der Waals surface area contributed by atoms with Crippen LogP contribution in [0.2, 0.25) is 0 Å². The van der Waals surface area contributed by atoms with Crippen molar-refractivity contribution >= 4 is 5.82 Å². The van der Waals surface area contributed by atoms with Gasteiger partial charge in [0.05, 0.1) is 13.2 Å². The Morgan fingerprint density at radius 2 is 2.12 bits per heavy atom. The van der Waals surface area contributed by atoms with Crippen LogP contribution in [0, 0.1) is 5.41 Å². The van der Waals surface area contributed by atoms with Crippen LogP contribution in [0.3, 0.4) is 0 Å². The number of pyridine rings is 1. The molecule has 1 aliphatic rings. The predicted octanol–water partition coefficient (Wildman–Crippen LogP) is 2.32. The molecule has 1 fully saturated rings. The second-order valence-corrected chi connectivity index (χ2v) is 5.04. The van der Waals surface area contributed by atoms with E-state index >= 15 is 0 Å². The lowest BCUT2D eigenvalue weighted by molar-refractivity contribution is -0.0795. The highest BCUT2D eigenvalue weighted by Gasteiger charge is 2.48. The third kappa shape index (κ3) is 2.22. The zero-order valence-corrected chi connectivity index (χ0v) is 10.9. The van der Waals surface area contributed by atoms with E-state index in [2.05, 4.69) is 24.1 Å². The van der Waals surface area contributed by atoms with Gasteiger partial charge in [0.15, 0.2) is 0 Å². The molecule has 1 heterocycles. The highest BCUT2D eigenvalue weighted by molar-refractivity contribution is 5.40. The van der Waals surface area contributed by atoms with Crippen LogP contribution in [0.15, 0.2) is 18.2 Å². The monoisotopic (exact) mass is 236 g/mol. The maximum absolute atomic E-state index is 5.43. The summed E-state index contributed by atoms with van der Waals surface area (Å²) < 4.78 is 10.5. The Hall–Kier alpha value is -1.29. The van der Waals surface area contributed by atoms with Crippen LogP contribution in [0.25, 0.3) is 0 Å². The summed E-state index contributed by atoms with van der Waals surface area (Å²) in [6, 6.07) is 6.13. The van der Waals surface area contributed by atoms with Gasteiger partial charge in [0.25, 0.3) is 0 Å². The van der Waals surface area contributed by atoms with Crippen molar-refractivity contribution in [1.82, 2.24) is 4.98 Å². The molecule has 0 aliphatic heterocycles. The fourth-order valence-electron chi connectivity index (χ4n) is 2.32. The number of methoxy groups -OCH3 is 2. The molecule has 0 amide bonds. The third-order valence-electron chi connectivity index (χ3n) is 3.72. The average Bonchev–Trinajstić information content (AvgIpc) is 2.34. The molecule has 4 nitrogen and oxygen atoms in total. The highest BCUT2D eigenvalue weighted by atomic mass is 16.5. The Bertz CT molecular complexity index is 393. The number of nitrogens with one attached hydrogen (secondary N) is 1. The van der Waals surface area contributed by atoms with Crippen LogP contribution in [-0.2, 0) is 4.74 Å². The third-order valence-corrected chi connectivity index (χ3v) is 3.72. The van der Waals surface area contributed by atoms with E-state index < -0.39 is 0 Å². The number of aromatic nitrogens is 1. The lowest BCUT2D eigenvalue weighted by Crippen LogP contribution is -2.57. The van der Waals surface area contributed by atoms with E-state index in [0.717, 1.165) is 12.2 Å². The summed E-state index contributed by atoms with van der Waals surface area (Å²) in [6.07, 6.45) is 1.34. The molecule has 1 N–H and O–H groups in total. The molecule has 0 radical (unpaired) electrons. The summed E-state index contributed by atoms with van der Waals surface area (Å²) in [7, 11) is 3.40. The van der Waals surface area contributed by atoms with Crippen molar-refractivity contribution in [3.63, 3.8) is 0 Å². The lowest BCUT2D eigenvalue weighted by atomic mass is 9.64. The summed E-state index contributed by atoms with van der Waals surface area (Å²) in [4.78, 5) is 4.36. The molecule has 94 valence electrons. The van der Waals surface area contributed by atoms with Crippen molar-refractivity contribution in [2.45, 2.75) is 32.4 Å². The Morgan fingerprint density at radius 1 is 1.35 bits per heavy atom. The number of rotatable bonds is 4. The van der Waals surface area contributed by atoms with Crippen LogP contribution < -0.4 is 10.1 Å². The number of nitrogens with zero attached hydrogens (tertiary/aromatic N) is 1. The van der Waals surface area contributed by atoms with Gasteiger partial charge >= 0.3 is 0 Å². The normalized spacial score (nSPS) is 26.1. The molecule has 0 bridgehead atoms. The second kappa shape index (κ2) is 4.53. The van der Waals surface area contributed by atoms with E-state index in [1.807, 2.05) is 18.2 Å². The summed E-state index contributed by atoms with van der Waals surface area (Å²) in [5, 5.41) is 3.44. The molecular weight excluding hydrogens is 216 g/mol. The maximum atomic E-state index is 5.43. The molecule has 1 saturated carbocycles. The Kier molecular flexibility index (Phi) is 3.24. The van der Waals surface area contributed by atoms with Crippen molar-refractivity contribution in [2.24, 2.45) is 5.41 Å². The first-order valence-corrected chi connectivity index (χ1v) is 5.88. The Morgan fingerprint density at radius 3 is 2.71 bits per heavy atom. The van der Waals surface area contributed by atoms with E-state index in [-0.39, 0.29) is 5.41 Å². The molecule has 0 aromatic carbocycles. The van der Waals surface area contributed by atoms with Gasteiger partial charge in [0, 0.05) is 24.6 Å². The average molecular weight is 236 g/mol. The van der Waals surface area contributed by atoms with Gasteiger partial charge in [-0.25, -0.2) is 0 Å². The fourth-order valence-corrected chi connectivity index (χ4v) is 2.32. The second-order valence-electron chi connectivity index (χ2n) is 5.04. The summed E-state index contributed by atoms with van der Waals surface area (Å²) in [6.45, 7) is 4.42. The van der Waals surface area contributed by atoms with Gasteiger partial charge in [-0.2, -0.15) is 4.98 Å². The number of hydrogen-bond donors (Lipinski definition) is 1. The van der Waals surface area contributed by atoms with E-state index in [1.165, 1.54) is 0 Å². The quantitative estimate of drug-likeness (QED) is 0.871. The summed E-state index contributed by atoms with van der Waals surface area (Å²) in [5.74, 6) is 1.49. The van der Waals surface area contributed by atoms with Gasteiger partial charge in [-0.15, -0.1) is 0 Å².